The third kappa shape index (κ3) is 4.82. The maximum Gasteiger partial charge on any atom is 0.227 e. The number of nitrogens with zero attached hydrogens (tertiary/aromatic N) is 6. The van der Waals surface area contributed by atoms with Gasteiger partial charge in [-0.1, -0.05) is 17.7 Å². The number of ether oxygens (including phenoxy) is 2. The third-order valence-corrected chi connectivity index (χ3v) is 6.06. The van der Waals surface area contributed by atoms with Gasteiger partial charge >= 0.3 is 0 Å². The van der Waals surface area contributed by atoms with Crippen LogP contribution in [0, 0.1) is 0 Å². The van der Waals surface area contributed by atoms with Crippen molar-refractivity contribution in [1.82, 2.24) is 24.4 Å². The predicted molar refractivity (Wildman–Crippen MR) is 121 cm³/mol. The van der Waals surface area contributed by atoms with Crippen LogP contribution in [0.1, 0.15) is 6.42 Å². The van der Waals surface area contributed by atoms with Crippen molar-refractivity contribution < 1.29 is 9.47 Å². The van der Waals surface area contributed by atoms with Gasteiger partial charge < -0.3 is 18.9 Å². The van der Waals surface area contributed by atoms with Gasteiger partial charge in [-0.15, -0.1) is 0 Å². The molecule has 164 valence electrons. The Kier molecular flexibility index (Phi) is 6.31. The molecule has 0 aliphatic carbocycles. The van der Waals surface area contributed by atoms with Gasteiger partial charge in [-0.05, 0) is 18.6 Å². The van der Waals surface area contributed by atoms with Crippen LogP contribution in [-0.2, 0) is 16.0 Å². The zero-order chi connectivity index (χ0) is 21.0. The fraction of sp³-hybridized carbons (Fsp3) is 0.500. The van der Waals surface area contributed by atoms with Crippen LogP contribution >= 0.6 is 11.6 Å². The standard InChI is InChI=1S/C22H27ClN6O2/c23-21-15-19(25-22(26-21)28-8-12-31-13-9-28)17-2-3-18-20(14-17)29(16-24-18)5-1-4-27-6-10-30-11-7-27/h2-3,14-16H,1,4-13H2. The Morgan fingerprint density at radius 1 is 0.903 bits per heavy atom. The minimum absolute atomic E-state index is 0.450. The molecule has 0 bridgehead atoms. The van der Waals surface area contributed by atoms with Crippen molar-refractivity contribution in [3.05, 3.63) is 35.7 Å². The molecule has 0 saturated carbocycles. The van der Waals surface area contributed by atoms with Crippen LogP contribution in [0.2, 0.25) is 5.15 Å². The van der Waals surface area contributed by atoms with Gasteiger partial charge in [0.2, 0.25) is 5.95 Å². The number of imidazole rings is 1. The summed E-state index contributed by atoms with van der Waals surface area (Å²) in [6, 6.07) is 8.08. The molecule has 2 fully saturated rings. The minimum atomic E-state index is 0.450. The van der Waals surface area contributed by atoms with Gasteiger partial charge in [-0.2, -0.15) is 0 Å². The lowest BCUT2D eigenvalue weighted by Crippen LogP contribution is -2.37. The van der Waals surface area contributed by atoms with E-state index in [0.29, 0.717) is 24.3 Å². The summed E-state index contributed by atoms with van der Waals surface area (Å²) in [5.74, 6) is 0.657. The van der Waals surface area contributed by atoms with E-state index >= 15 is 0 Å². The summed E-state index contributed by atoms with van der Waals surface area (Å²) in [5, 5.41) is 0.450. The van der Waals surface area contributed by atoms with Crippen LogP contribution in [0.3, 0.4) is 0 Å². The summed E-state index contributed by atoms with van der Waals surface area (Å²) in [5.41, 5.74) is 3.94. The third-order valence-electron chi connectivity index (χ3n) is 5.87. The first-order chi connectivity index (χ1) is 15.3. The number of hydrogen-bond acceptors (Lipinski definition) is 7. The van der Waals surface area contributed by atoms with E-state index in [4.69, 9.17) is 26.1 Å². The van der Waals surface area contributed by atoms with Crippen LogP contribution in [0.25, 0.3) is 22.3 Å². The van der Waals surface area contributed by atoms with Gasteiger partial charge in [-0.3, -0.25) is 4.90 Å². The number of anilines is 1. The summed E-state index contributed by atoms with van der Waals surface area (Å²) < 4.78 is 13.1. The molecule has 9 heteroatoms. The van der Waals surface area contributed by atoms with E-state index in [-0.39, 0.29) is 0 Å². The fourth-order valence-electron chi connectivity index (χ4n) is 4.14. The minimum Gasteiger partial charge on any atom is -0.379 e. The molecule has 0 spiro atoms. The molecular weight excluding hydrogens is 416 g/mol. The van der Waals surface area contributed by atoms with E-state index in [1.165, 1.54) is 0 Å². The molecule has 0 unspecified atom stereocenters. The summed E-state index contributed by atoms with van der Waals surface area (Å²) >= 11 is 6.35. The highest BCUT2D eigenvalue weighted by molar-refractivity contribution is 6.29. The van der Waals surface area contributed by atoms with E-state index in [1.54, 1.807) is 0 Å². The van der Waals surface area contributed by atoms with Gasteiger partial charge in [0.15, 0.2) is 0 Å². The second kappa shape index (κ2) is 9.48. The molecule has 0 amide bonds. The van der Waals surface area contributed by atoms with Gasteiger partial charge in [0.1, 0.15) is 5.15 Å². The fourth-order valence-corrected chi connectivity index (χ4v) is 4.32. The molecule has 31 heavy (non-hydrogen) atoms. The van der Waals surface area contributed by atoms with Gasteiger partial charge in [0, 0.05) is 50.9 Å². The number of rotatable bonds is 6. The Labute approximate surface area is 186 Å². The second-order valence-corrected chi connectivity index (χ2v) is 8.31. The molecule has 0 radical (unpaired) electrons. The molecule has 2 saturated heterocycles. The zero-order valence-corrected chi connectivity index (χ0v) is 18.3. The van der Waals surface area contributed by atoms with Crippen molar-refractivity contribution in [1.29, 1.82) is 0 Å². The molecule has 2 aliphatic heterocycles. The molecule has 2 aromatic heterocycles. The molecule has 0 N–H and O–H groups in total. The first kappa shape index (κ1) is 20.6. The first-order valence-corrected chi connectivity index (χ1v) is 11.3. The average Bonchev–Trinajstić information content (AvgIpc) is 3.22. The topological polar surface area (TPSA) is 68.5 Å². The molecule has 3 aromatic rings. The Morgan fingerprint density at radius 2 is 1.68 bits per heavy atom. The lowest BCUT2D eigenvalue weighted by atomic mass is 10.1. The second-order valence-electron chi connectivity index (χ2n) is 7.92. The zero-order valence-electron chi connectivity index (χ0n) is 17.5. The number of halogens is 1. The van der Waals surface area contributed by atoms with E-state index in [2.05, 4.69) is 36.5 Å². The van der Waals surface area contributed by atoms with Crippen LogP contribution in [0.15, 0.2) is 30.6 Å². The highest BCUT2D eigenvalue weighted by atomic mass is 35.5. The van der Waals surface area contributed by atoms with Crippen molar-refractivity contribution in [3.8, 4) is 11.3 Å². The number of benzene rings is 1. The number of aryl methyl sites for hydroxylation is 1. The number of morpholine rings is 2. The molecule has 2 aliphatic rings. The van der Waals surface area contributed by atoms with Crippen molar-refractivity contribution in [2.75, 3.05) is 64.1 Å². The highest BCUT2D eigenvalue weighted by Gasteiger charge is 2.17. The van der Waals surface area contributed by atoms with Gasteiger partial charge in [-0.25, -0.2) is 15.0 Å². The maximum atomic E-state index is 6.35. The molecule has 1 aromatic carbocycles. The van der Waals surface area contributed by atoms with E-state index in [1.807, 2.05) is 18.5 Å². The average molecular weight is 443 g/mol. The Bertz CT molecular complexity index is 1030. The quantitative estimate of drug-likeness (QED) is 0.543. The lowest BCUT2D eigenvalue weighted by Gasteiger charge is -2.27. The van der Waals surface area contributed by atoms with E-state index < -0.39 is 0 Å². The smallest absolute Gasteiger partial charge is 0.227 e. The molecule has 0 atom stereocenters. The first-order valence-electron chi connectivity index (χ1n) is 10.9. The van der Waals surface area contributed by atoms with Crippen LogP contribution in [0.5, 0.6) is 0 Å². The van der Waals surface area contributed by atoms with Gasteiger partial charge in [0.05, 0.1) is 49.5 Å². The monoisotopic (exact) mass is 442 g/mol. The van der Waals surface area contributed by atoms with Crippen LogP contribution in [0.4, 0.5) is 5.95 Å². The number of hydrogen-bond donors (Lipinski definition) is 0. The normalized spacial score (nSPS) is 18.0. The highest BCUT2D eigenvalue weighted by Crippen LogP contribution is 2.26. The Morgan fingerprint density at radius 3 is 2.48 bits per heavy atom. The van der Waals surface area contributed by atoms with Crippen molar-refractivity contribution >= 4 is 28.6 Å². The van der Waals surface area contributed by atoms with Gasteiger partial charge in [0.25, 0.3) is 0 Å². The SMILES string of the molecule is Clc1cc(-c2ccc3ncn(CCCN4CCOCC4)c3c2)nc(N2CCOCC2)n1. The molecule has 4 heterocycles. The lowest BCUT2D eigenvalue weighted by molar-refractivity contribution is 0.0369. The summed E-state index contributed by atoms with van der Waals surface area (Å²) in [6.07, 6.45) is 3.01. The van der Waals surface area contributed by atoms with Crippen molar-refractivity contribution in [2.45, 2.75) is 13.0 Å². The van der Waals surface area contributed by atoms with Crippen LogP contribution in [-0.4, -0.2) is 83.6 Å². The number of aromatic nitrogens is 4. The Hall–Kier alpha value is -2.26. The maximum absolute atomic E-state index is 6.35. The largest absolute Gasteiger partial charge is 0.379 e. The summed E-state index contributed by atoms with van der Waals surface area (Å²) in [7, 11) is 0. The molecule has 5 rings (SSSR count). The van der Waals surface area contributed by atoms with E-state index in [0.717, 1.165) is 81.2 Å². The summed E-state index contributed by atoms with van der Waals surface area (Å²) in [4.78, 5) is 18.4. The van der Waals surface area contributed by atoms with Crippen molar-refractivity contribution in [2.24, 2.45) is 0 Å². The molecule has 8 nitrogen and oxygen atoms in total. The predicted octanol–water partition coefficient (Wildman–Crippen LogP) is 2.71. The van der Waals surface area contributed by atoms with Crippen LogP contribution < -0.4 is 4.90 Å². The Balaban J connectivity index is 1.35. The van der Waals surface area contributed by atoms with E-state index in [9.17, 15) is 0 Å². The number of fused-ring (bicyclic) bond motifs is 1. The molecular formula is C22H27ClN6O2. The van der Waals surface area contributed by atoms with Crippen molar-refractivity contribution in [3.63, 3.8) is 0 Å². The summed E-state index contributed by atoms with van der Waals surface area (Å²) in [6.45, 7) is 8.64.